The molecule has 2 aromatic carbocycles. The summed E-state index contributed by atoms with van der Waals surface area (Å²) in [5.41, 5.74) is 2.45. The molecule has 5 nitrogen and oxygen atoms in total. The molecule has 136 valence electrons. The first-order valence-corrected chi connectivity index (χ1v) is 9.00. The third kappa shape index (κ3) is 4.70. The molecule has 0 bridgehead atoms. The van der Waals surface area contributed by atoms with E-state index in [-0.39, 0.29) is 17.8 Å². The maximum Gasteiger partial charge on any atom is 0.338 e. The second-order valence-corrected chi connectivity index (χ2v) is 6.49. The number of hydrogen-bond donors (Lipinski definition) is 1. The second kappa shape index (κ2) is 8.63. The number of rotatable bonds is 6. The van der Waals surface area contributed by atoms with Crippen molar-refractivity contribution in [2.24, 2.45) is 5.92 Å². The van der Waals surface area contributed by atoms with Crippen LogP contribution in [0.5, 0.6) is 0 Å². The molecular formula is C21H24N2O3. The van der Waals surface area contributed by atoms with Crippen LogP contribution in [0, 0.1) is 5.92 Å². The first-order valence-electron chi connectivity index (χ1n) is 9.00. The van der Waals surface area contributed by atoms with Crippen LogP contribution in [-0.4, -0.2) is 36.5 Å². The Labute approximate surface area is 154 Å². The Bertz CT molecular complexity index is 744. The van der Waals surface area contributed by atoms with Crippen molar-refractivity contribution in [2.75, 3.05) is 25.0 Å². The molecule has 1 aliphatic heterocycles. The summed E-state index contributed by atoms with van der Waals surface area (Å²) < 4.78 is 4.96. The number of carbonyl (C=O) groups excluding carboxylic acids is 2. The summed E-state index contributed by atoms with van der Waals surface area (Å²) in [5.74, 6) is -0.328. The van der Waals surface area contributed by atoms with Gasteiger partial charge >= 0.3 is 5.97 Å². The lowest BCUT2D eigenvalue weighted by atomic mass is 10.1. The number of nitrogens with zero attached hydrogens (tertiary/aromatic N) is 1. The van der Waals surface area contributed by atoms with Gasteiger partial charge in [0.05, 0.1) is 18.1 Å². The number of likely N-dealkylation sites (tertiary alicyclic amines) is 1. The van der Waals surface area contributed by atoms with E-state index in [1.807, 2.05) is 18.2 Å². The summed E-state index contributed by atoms with van der Waals surface area (Å²) in [6.07, 6.45) is 0.861. The Morgan fingerprint density at radius 1 is 1.12 bits per heavy atom. The van der Waals surface area contributed by atoms with Gasteiger partial charge in [-0.2, -0.15) is 0 Å². The Morgan fingerprint density at radius 2 is 1.85 bits per heavy atom. The Morgan fingerprint density at radius 3 is 2.54 bits per heavy atom. The van der Waals surface area contributed by atoms with Gasteiger partial charge in [-0.05, 0) is 49.7 Å². The summed E-state index contributed by atoms with van der Waals surface area (Å²) in [4.78, 5) is 26.5. The molecule has 0 aliphatic carbocycles. The van der Waals surface area contributed by atoms with Crippen molar-refractivity contribution in [3.63, 3.8) is 0 Å². The zero-order chi connectivity index (χ0) is 18.4. The Balaban J connectivity index is 1.51. The minimum absolute atomic E-state index is 0.0107. The molecule has 0 aromatic heterocycles. The first kappa shape index (κ1) is 18.1. The number of anilines is 1. The molecule has 0 spiro atoms. The molecule has 0 radical (unpaired) electrons. The summed E-state index contributed by atoms with van der Waals surface area (Å²) >= 11 is 0. The van der Waals surface area contributed by atoms with Crippen LogP contribution in [0.2, 0.25) is 0 Å². The van der Waals surface area contributed by atoms with Gasteiger partial charge in [0.1, 0.15) is 0 Å². The van der Waals surface area contributed by atoms with Crippen LogP contribution in [0.25, 0.3) is 0 Å². The zero-order valence-corrected chi connectivity index (χ0v) is 15.0. The van der Waals surface area contributed by atoms with Crippen LogP contribution in [0.4, 0.5) is 5.69 Å². The largest absolute Gasteiger partial charge is 0.462 e. The van der Waals surface area contributed by atoms with Gasteiger partial charge in [-0.15, -0.1) is 0 Å². The highest BCUT2D eigenvalue weighted by Crippen LogP contribution is 2.21. The van der Waals surface area contributed by atoms with E-state index >= 15 is 0 Å². The van der Waals surface area contributed by atoms with E-state index in [0.29, 0.717) is 17.9 Å². The van der Waals surface area contributed by atoms with E-state index in [9.17, 15) is 9.59 Å². The van der Waals surface area contributed by atoms with Gasteiger partial charge in [-0.1, -0.05) is 30.3 Å². The number of nitrogens with one attached hydrogen (secondary N) is 1. The quantitative estimate of drug-likeness (QED) is 0.810. The minimum atomic E-state index is -0.349. The molecule has 2 aromatic rings. The van der Waals surface area contributed by atoms with Crippen molar-refractivity contribution >= 4 is 17.6 Å². The van der Waals surface area contributed by atoms with Crippen LogP contribution >= 0.6 is 0 Å². The molecule has 1 fully saturated rings. The molecule has 1 heterocycles. The lowest BCUT2D eigenvalue weighted by Gasteiger charge is -2.16. The summed E-state index contributed by atoms with van der Waals surface area (Å²) in [5, 5.41) is 2.95. The van der Waals surface area contributed by atoms with Crippen molar-refractivity contribution in [3.8, 4) is 0 Å². The third-order valence-electron chi connectivity index (χ3n) is 4.56. The Kier molecular flexibility index (Phi) is 6.02. The standard InChI is InChI=1S/C21H24N2O3/c1-2-26-21(25)17-8-10-19(11-9-17)22-20(24)18-12-13-23(15-18)14-16-6-4-3-5-7-16/h3-11,18H,2,12-15H2,1H3,(H,22,24). The van der Waals surface area contributed by atoms with Crippen molar-refractivity contribution in [1.82, 2.24) is 4.90 Å². The molecule has 1 unspecified atom stereocenters. The van der Waals surface area contributed by atoms with Gasteiger partial charge in [-0.3, -0.25) is 9.69 Å². The fourth-order valence-electron chi connectivity index (χ4n) is 3.18. The fraction of sp³-hybridized carbons (Fsp3) is 0.333. The third-order valence-corrected chi connectivity index (χ3v) is 4.56. The molecule has 1 aliphatic rings. The fourth-order valence-corrected chi connectivity index (χ4v) is 3.18. The molecular weight excluding hydrogens is 328 g/mol. The van der Waals surface area contributed by atoms with Crippen LogP contribution in [0.3, 0.4) is 0 Å². The topological polar surface area (TPSA) is 58.6 Å². The first-order chi connectivity index (χ1) is 12.7. The Hall–Kier alpha value is -2.66. The highest BCUT2D eigenvalue weighted by atomic mass is 16.5. The molecule has 0 saturated carbocycles. The van der Waals surface area contributed by atoms with Gasteiger partial charge in [0.25, 0.3) is 0 Å². The molecule has 3 rings (SSSR count). The van der Waals surface area contributed by atoms with Gasteiger partial charge in [0.15, 0.2) is 0 Å². The molecule has 26 heavy (non-hydrogen) atoms. The smallest absolute Gasteiger partial charge is 0.338 e. The van der Waals surface area contributed by atoms with Gasteiger partial charge in [0.2, 0.25) is 5.91 Å². The van der Waals surface area contributed by atoms with E-state index in [1.54, 1.807) is 31.2 Å². The number of benzene rings is 2. The van der Waals surface area contributed by atoms with Gasteiger partial charge < -0.3 is 10.1 Å². The molecule has 1 amide bonds. The zero-order valence-electron chi connectivity index (χ0n) is 15.0. The highest BCUT2D eigenvalue weighted by molar-refractivity contribution is 5.94. The number of carbonyl (C=O) groups is 2. The average molecular weight is 352 g/mol. The van der Waals surface area contributed by atoms with Crippen molar-refractivity contribution in [3.05, 3.63) is 65.7 Å². The minimum Gasteiger partial charge on any atom is -0.462 e. The predicted molar refractivity (Wildman–Crippen MR) is 101 cm³/mol. The molecule has 1 atom stereocenters. The number of ether oxygens (including phenoxy) is 1. The molecule has 1 N–H and O–H groups in total. The summed E-state index contributed by atoms with van der Waals surface area (Å²) in [6.45, 7) is 4.68. The maximum atomic E-state index is 12.5. The van der Waals surface area contributed by atoms with Crippen LogP contribution in [0.15, 0.2) is 54.6 Å². The maximum absolute atomic E-state index is 12.5. The van der Waals surface area contributed by atoms with Crippen molar-refractivity contribution in [2.45, 2.75) is 19.9 Å². The normalized spacial score (nSPS) is 17.0. The van der Waals surface area contributed by atoms with Crippen LogP contribution in [0.1, 0.15) is 29.3 Å². The van der Waals surface area contributed by atoms with Gasteiger partial charge in [0, 0.05) is 18.8 Å². The van der Waals surface area contributed by atoms with Crippen molar-refractivity contribution in [1.29, 1.82) is 0 Å². The lowest BCUT2D eigenvalue weighted by molar-refractivity contribution is -0.119. The second-order valence-electron chi connectivity index (χ2n) is 6.49. The summed E-state index contributed by atoms with van der Waals surface area (Å²) in [6, 6.07) is 17.1. The van der Waals surface area contributed by atoms with Crippen LogP contribution < -0.4 is 5.32 Å². The van der Waals surface area contributed by atoms with Gasteiger partial charge in [-0.25, -0.2) is 4.79 Å². The van der Waals surface area contributed by atoms with E-state index < -0.39 is 0 Å². The number of hydrogen-bond acceptors (Lipinski definition) is 4. The van der Waals surface area contributed by atoms with E-state index in [4.69, 9.17) is 4.74 Å². The molecule has 5 heteroatoms. The highest BCUT2D eigenvalue weighted by Gasteiger charge is 2.28. The number of amides is 1. The molecule has 1 saturated heterocycles. The van der Waals surface area contributed by atoms with Crippen molar-refractivity contribution < 1.29 is 14.3 Å². The number of esters is 1. The lowest BCUT2D eigenvalue weighted by Crippen LogP contribution is -2.26. The average Bonchev–Trinajstić information content (AvgIpc) is 3.12. The van der Waals surface area contributed by atoms with E-state index in [0.717, 1.165) is 26.1 Å². The van der Waals surface area contributed by atoms with E-state index in [2.05, 4.69) is 22.3 Å². The summed E-state index contributed by atoms with van der Waals surface area (Å²) in [7, 11) is 0. The monoisotopic (exact) mass is 352 g/mol. The SMILES string of the molecule is CCOC(=O)c1ccc(NC(=O)C2CCN(Cc3ccccc3)C2)cc1. The predicted octanol–water partition coefficient (Wildman–Crippen LogP) is 3.32. The van der Waals surface area contributed by atoms with E-state index in [1.165, 1.54) is 5.56 Å². The van der Waals surface area contributed by atoms with Crippen LogP contribution in [-0.2, 0) is 16.1 Å².